The van der Waals surface area contributed by atoms with Crippen LogP contribution in [-0.4, -0.2) is 17.7 Å². The predicted octanol–water partition coefficient (Wildman–Crippen LogP) is -5.27. The molecule has 0 aromatic carbocycles. The number of carboxylic acid groups (broad SMARTS) is 1. The fourth-order valence-electron chi connectivity index (χ4n) is 0. The van der Waals surface area contributed by atoms with Crippen LogP contribution in [0.25, 0.3) is 0 Å². The van der Waals surface area contributed by atoms with Gasteiger partial charge in [-0.1, -0.05) is 0 Å². The molecular weight excluding hydrogens is 96.0 g/mol. The smallest absolute Gasteiger partial charge is 0.548 e. The minimum Gasteiger partial charge on any atom is -0.548 e. The van der Waals surface area contributed by atoms with Crippen molar-refractivity contribution in [1.82, 2.24) is 0 Å². The molecule has 0 aromatic heterocycles. The Morgan fingerprint density at radius 3 is 2.00 bits per heavy atom. The van der Waals surface area contributed by atoms with Gasteiger partial charge < -0.3 is 15.0 Å². The summed E-state index contributed by atoms with van der Waals surface area (Å²) in [5.74, 6) is -1.44. The molecule has 0 bridgehead atoms. The molecule has 3 nitrogen and oxygen atoms in total. The number of carbonyl (C=O) groups is 1. The molecule has 0 aromatic rings. The zero-order valence-electron chi connectivity index (χ0n) is 3.47. The van der Waals surface area contributed by atoms with Gasteiger partial charge in [0, 0.05) is 0 Å². The number of aliphatic hydroxyl groups is 1. The Hall–Kier alpha value is 0.430. The molecule has 0 radical (unpaired) electrons. The van der Waals surface area contributed by atoms with E-state index in [1.165, 1.54) is 0 Å². The summed E-state index contributed by atoms with van der Waals surface area (Å²) in [5.41, 5.74) is 0. The zero-order chi connectivity index (χ0) is 4.28. The van der Waals surface area contributed by atoms with Gasteiger partial charge in [0.2, 0.25) is 0 Å². The largest absolute Gasteiger partial charge is 1.00 e. The molecule has 0 fully saturated rings. The molecule has 0 aliphatic heterocycles. The standard InChI is InChI=1S/C2H4O3.Na/c3-1-2(4)5;/h3H,1H2,(H,4,5);/q;+1/p-1/i2+1;. The minimum absolute atomic E-state index is 0. The van der Waals surface area contributed by atoms with E-state index in [0.717, 1.165) is 0 Å². The van der Waals surface area contributed by atoms with Crippen molar-refractivity contribution in [3.63, 3.8) is 0 Å². The van der Waals surface area contributed by atoms with Crippen molar-refractivity contribution in [3.05, 3.63) is 0 Å². The Bertz CT molecular complexity index is 44.1. The molecule has 0 unspecified atom stereocenters. The molecule has 0 saturated heterocycles. The number of hydrogen-bond acceptors (Lipinski definition) is 3. The predicted molar refractivity (Wildman–Crippen MR) is 12.1 cm³/mol. The summed E-state index contributed by atoms with van der Waals surface area (Å²) in [6.45, 7) is -0.889. The van der Waals surface area contributed by atoms with Gasteiger partial charge in [0.15, 0.2) is 0 Å². The maximum atomic E-state index is 9.01. The van der Waals surface area contributed by atoms with E-state index in [4.69, 9.17) is 15.0 Å². The molecule has 0 amide bonds. The molecule has 0 aliphatic rings. The van der Waals surface area contributed by atoms with Gasteiger partial charge in [0.05, 0.1) is 12.6 Å². The van der Waals surface area contributed by atoms with Crippen LogP contribution in [-0.2, 0) is 4.79 Å². The third-order valence-electron chi connectivity index (χ3n) is 0.129. The van der Waals surface area contributed by atoms with Crippen LogP contribution in [0.3, 0.4) is 0 Å². The Kier molecular flexibility index (Phi) is 8.74. The topological polar surface area (TPSA) is 60.4 Å². The van der Waals surface area contributed by atoms with E-state index in [1.807, 2.05) is 0 Å². The van der Waals surface area contributed by atoms with Crippen molar-refractivity contribution >= 4 is 5.97 Å². The van der Waals surface area contributed by atoms with Gasteiger partial charge in [-0.25, -0.2) is 0 Å². The van der Waals surface area contributed by atoms with Crippen LogP contribution in [0.5, 0.6) is 0 Å². The van der Waals surface area contributed by atoms with Gasteiger partial charge in [-0.2, -0.15) is 0 Å². The fraction of sp³-hybridized carbons (Fsp3) is 0.500. The molecule has 0 spiro atoms. The first-order valence-electron chi connectivity index (χ1n) is 1.08. The number of carbonyl (C=O) groups excluding carboxylic acids is 1. The molecule has 6 heavy (non-hydrogen) atoms. The summed E-state index contributed by atoms with van der Waals surface area (Å²) in [6, 6.07) is 0. The van der Waals surface area contributed by atoms with E-state index in [9.17, 15) is 0 Å². The molecule has 0 heterocycles. The van der Waals surface area contributed by atoms with Crippen LogP contribution in [0, 0.1) is 0 Å². The Morgan fingerprint density at radius 2 is 2.00 bits per heavy atom. The Labute approximate surface area is 57.3 Å². The number of hydrogen-bond donors (Lipinski definition) is 1. The SMILES string of the molecule is O=[13C]([O-])CO.[Na+]. The number of rotatable bonds is 1. The van der Waals surface area contributed by atoms with Crippen molar-refractivity contribution < 1.29 is 44.6 Å². The van der Waals surface area contributed by atoms with Crippen LogP contribution in [0.4, 0.5) is 0 Å². The Balaban J connectivity index is 0. The van der Waals surface area contributed by atoms with Gasteiger partial charge in [-0.15, -0.1) is 0 Å². The van der Waals surface area contributed by atoms with Crippen LogP contribution in [0.1, 0.15) is 0 Å². The van der Waals surface area contributed by atoms with Crippen molar-refractivity contribution in [2.24, 2.45) is 0 Å². The molecule has 1 N–H and O–H groups in total. The molecule has 4 heteroatoms. The first kappa shape index (κ1) is 9.66. The van der Waals surface area contributed by atoms with Gasteiger partial charge in [0.1, 0.15) is 0 Å². The molecule has 0 rings (SSSR count). The number of aliphatic hydroxyl groups excluding tert-OH is 1. The zero-order valence-corrected chi connectivity index (χ0v) is 5.47. The molecule has 0 aliphatic carbocycles. The van der Waals surface area contributed by atoms with Gasteiger partial charge in [-0.3, -0.25) is 0 Å². The maximum absolute atomic E-state index is 9.01. The number of carboxylic acids is 1. The first-order valence-corrected chi connectivity index (χ1v) is 1.08. The van der Waals surface area contributed by atoms with E-state index >= 15 is 0 Å². The average molecular weight is 99.0 g/mol. The van der Waals surface area contributed by atoms with Crippen LogP contribution >= 0.6 is 0 Å². The third-order valence-corrected chi connectivity index (χ3v) is 0.129. The van der Waals surface area contributed by atoms with Gasteiger partial charge in [0.25, 0.3) is 0 Å². The van der Waals surface area contributed by atoms with E-state index < -0.39 is 12.6 Å². The summed E-state index contributed by atoms with van der Waals surface area (Å²) in [4.78, 5) is 9.01. The van der Waals surface area contributed by atoms with Crippen molar-refractivity contribution in [1.29, 1.82) is 0 Å². The molecular formula is C2H3NaO3. The summed E-state index contributed by atoms with van der Waals surface area (Å²) >= 11 is 0. The quantitative estimate of drug-likeness (QED) is 0.264. The summed E-state index contributed by atoms with van der Waals surface area (Å²) < 4.78 is 0. The second kappa shape index (κ2) is 5.43. The normalized spacial score (nSPS) is 6.17. The van der Waals surface area contributed by atoms with E-state index in [2.05, 4.69) is 0 Å². The average Bonchev–Trinajstić information content (AvgIpc) is 1.38. The van der Waals surface area contributed by atoms with E-state index in [-0.39, 0.29) is 29.6 Å². The monoisotopic (exact) mass is 99.0 g/mol. The van der Waals surface area contributed by atoms with Crippen LogP contribution in [0.2, 0.25) is 0 Å². The fourth-order valence-corrected chi connectivity index (χ4v) is 0. The van der Waals surface area contributed by atoms with E-state index in [1.54, 1.807) is 0 Å². The van der Waals surface area contributed by atoms with Crippen LogP contribution < -0.4 is 34.7 Å². The van der Waals surface area contributed by atoms with E-state index in [0.29, 0.717) is 0 Å². The second-order valence-corrected chi connectivity index (χ2v) is 0.530. The summed E-state index contributed by atoms with van der Waals surface area (Å²) in [5, 5.41) is 16.5. The van der Waals surface area contributed by atoms with Crippen LogP contribution in [0.15, 0.2) is 0 Å². The van der Waals surface area contributed by atoms with Crippen molar-refractivity contribution in [3.8, 4) is 0 Å². The number of aliphatic carboxylic acids is 1. The van der Waals surface area contributed by atoms with Crippen molar-refractivity contribution in [2.45, 2.75) is 0 Å². The third kappa shape index (κ3) is 8.83. The first-order chi connectivity index (χ1) is 2.27. The molecule has 0 saturated carbocycles. The second-order valence-electron chi connectivity index (χ2n) is 0.530. The minimum atomic E-state index is -1.44. The summed E-state index contributed by atoms with van der Waals surface area (Å²) in [6.07, 6.45) is 0. The Morgan fingerprint density at radius 1 is 1.83 bits per heavy atom. The maximum Gasteiger partial charge on any atom is 1.00 e. The van der Waals surface area contributed by atoms with Crippen molar-refractivity contribution in [2.75, 3.05) is 6.61 Å². The molecule has 0 atom stereocenters. The molecule has 30 valence electrons. The van der Waals surface area contributed by atoms with Gasteiger partial charge in [-0.05, 0) is 0 Å². The van der Waals surface area contributed by atoms with Gasteiger partial charge >= 0.3 is 29.6 Å². The summed E-state index contributed by atoms with van der Waals surface area (Å²) in [7, 11) is 0.